The van der Waals surface area contributed by atoms with Gasteiger partial charge >= 0.3 is 0 Å². The summed E-state index contributed by atoms with van der Waals surface area (Å²) >= 11 is 0. The molecule has 1 spiro atoms. The highest BCUT2D eigenvalue weighted by atomic mass is 16.7. The number of ether oxygens (including phenoxy) is 1. The van der Waals surface area contributed by atoms with Crippen LogP contribution in [0.1, 0.15) is 18.9 Å². The van der Waals surface area contributed by atoms with Gasteiger partial charge in [0.15, 0.2) is 0 Å². The monoisotopic (exact) mass is 189 g/mol. The van der Waals surface area contributed by atoms with E-state index in [4.69, 9.17) is 9.57 Å². The molecule has 0 N–H and O–H groups in total. The van der Waals surface area contributed by atoms with Gasteiger partial charge in [0.25, 0.3) is 0 Å². The first-order chi connectivity index (χ1) is 6.80. The van der Waals surface area contributed by atoms with Crippen molar-refractivity contribution in [3.63, 3.8) is 0 Å². The van der Waals surface area contributed by atoms with E-state index >= 15 is 0 Å². The van der Waals surface area contributed by atoms with Crippen molar-refractivity contribution >= 4 is 5.71 Å². The van der Waals surface area contributed by atoms with Crippen LogP contribution in [-0.4, -0.2) is 12.3 Å². The van der Waals surface area contributed by atoms with E-state index < -0.39 is 0 Å². The average Bonchev–Trinajstić information content (AvgIpc) is 2.75. The van der Waals surface area contributed by atoms with Crippen LogP contribution in [0.2, 0.25) is 0 Å². The molecule has 1 aromatic carbocycles. The van der Waals surface area contributed by atoms with E-state index in [1.165, 1.54) is 0 Å². The van der Waals surface area contributed by atoms with Gasteiger partial charge in [-0.05, 0) is 13.0 Å². The third-order valence-electron chi connectivity index (χ3n) is 2.76. The van der Waals surface area contributed by atoms with Crippen molar-refractivity contribution in [3.05, 3.63) is 29.8 Å². The molecular weight excluding hydrogens is 178 g/mol. The van der Waals surface area contributed by atoms with E-state index in [0.29, 0.717) is 6.61 Å². The minimum atomic E-state index is -0.333. The predicted molar refractivity (Wildman–Crippen MR) is 52.4 cm³/mol. The molecular formula is C11H11NO2. The van der Waals surface area contributed by atoms with Gasteiger partial charge in [0.2, 0.25) is 5.60 Å². The van der Waals surface area contributed by atoms with Gasteiger partial charge in [0, 0.05) is 12.0 Å². The lowest BCUT2D eigenvalue weighted by Gasteiger charge is -2.18. The van der Waals surface area contributed by atoms with Crippen molar-refractivity contribution in [2.45, 2.75) is 18.9 Å². The highest BCUT2D eigenvalue weighted by Crippen LogP contribution is 2.44. The van der Waals surface area contributed by atoms with Crippen LogP contribution >= 0.6 is 0 Å². The van der Waals surface area contributed by atoms with Gasteiger partial charge < -0.3 is 9.57 Å². The summed E-state index contributed by atoms with van der Waals surface area (Å²) in [6.07, 6.45) is 0.837. The lowest BCUT2D eigenvalue weighted by Crippen LogP contribution is -2.27. The molecule has 0 fully saturated rings. The van der Waals surface area contributed by atoms with Gasteiger partial charge in [-0.25, -0.2) is 0 Å². The third-order valence-corrected chi connectivity index (χ3v) is 2.76. The van der Waals surface area contributed by atoms with Crippen molar-refractivity contribution in [1.29, 1.82) is 0 Å². The van der Waals surface area contributed by atoms with Crippen LogP contribution in [0.5, 0.6) is 5.75 Å². The topological polar surface area (TPSA) is 30.8 Å². The minimum Gasteiger partial charge on any atom is -0.488 e. The van der Waals surface area contributed by atoms with Gasteiger partial charge in [-0.2, -0.15) is 0 Å². The second-order valence-corrected chi connectivity index (χ2v) is 3.87. The Balaban J connectivity index is 2.06. The maximum Gasteiger partial charge on any atom is 0.205 e. The SMILES string of the molecule is CC1=NO[C@]2(COc3ccccc32)C1. The predicted octanol–water partition coefficient (Wildman–Crippen LogP) is 2.07. The molecule has 72 valence electrons. The maximum absolute atomic E-state index is 5.59. The standard InChI is InChI=1S/C11H11NO2/c1-8-6-11(14-12-8)7-13-10-5-3-2-4-9(10)11/h2-5H,6-7H2,1H3/t11-/m0/s1. The average molecular weight is 189 g/mol. The van der Waals surface area contributed by atoms with E-state index in [0.717, 1.165) is 23.4 Å². The Morgan fingerprint density at radius 3 is 3.00 bits per heavy atom. The van der Waals surface area contributed by atoms with Crippen LogP contribution in [-0.2, 0) is 10.4 Å². The second-order valence-electron chi connectivity index (χ2n) is 3.87. The van der Waals surface area contributed by atoms with E-state index in [-0.39, 0.29) is 5.60 Å². The fourth-order valence-electron chi connectivity index (χ4n) is 2.11. The Morgan fingerprint density at radius 2 is 2.21 bits per heavy atom. The molecule has 0 unspecified atom stereocenters. The summed E-state index contributed by atoms with van der Waals surface area (Å²) in [6, 6.07) is 8.00. The number of hydrogen-bond donors (Lipinski definition) is 0. The summed E-state index contributed by atoms with van der Waals surface area (Å²) in [5.74, 6) is 0.928. The molecule has 0 saturated carbocycles. The molecule has 0 aromatic heterocycles. The molecule has 3 rings (SSSR count). The zero-order valence-electron chi connectivity index (χ0n) is 7.99. The summed E-state index contributed by atoms with van der Waals surface area (Å²) in [7, 11) is 0. The molecule has 0 amide bonds. The lowest BCUT2D eigenvalue weighted by atomic mass is 9.91. The van der Waals surface area contributed by atoms with Crippen molar-refractivity contribution in [2.24, 2.45) is 5.16 Å². The molecule has 0 aliphatic carbocycles. The quantitative estimate of drug-likeness (QED) is 0.625. The Labute approximate surface area is 82.3 Å². The number of oxime groups is 1. The molecule has 3 heteroatoms. The van der Waals surface area contributed by atoms with Crippen LogP contribution in [0.3, 0.4) is 0 Å². The van der Waals surface area contributed by atoms with Crippen molar-refractivity contribution < 1.29 is 9.57 Å². The molecule has 0 bridgehead atoms. The van der Waals surface area contributed by atoms with Gasteiger partial charge in [-0.1, -0.05) is 23.4 Å². The molecule has 0 radical (unpaired) electrons. The maximum atomic E-state index is 5.59. The molecule has 2 aliphatic heterocycles. The van der Waals surface area contributed by atoms with Crippen molar-refractivity contribution in [2.75, 3.05) is 6.61 Å². The minimum absolute atomic E-state index is 0.333. The lowest BCUT2D eigenvalue weighted by molar-refractivity contribution is -0.0353. The second kappa shape index (κ2) is 2.50. The van der Waals surface area contributed by atoms with Crippen LogP contribution < -0.4 is 4.74 Å². The first-order valence-electron chi connectivity index (χ1n) is 4.74. The molecule has 1 aromatic rings. The Kier molecular flexibility index (Phi) is 1.40. The molecule has 2 aliphatic rings. The first kappa shape index (κ1) is 7.85. The highest BCUT2D eigenvalue weighted by molar-refractivity contribution is 5.84. The van der Waals surface area contributed by atoms with Gasteiger partial charge in [0.05, 0.1) is 5.71 Å². The number of fused-ring (bicyclic) bond motifs is 2. The van der Waals surface area contributed by atoms with Gasteiger partial charge in [-0.15, -0.1) is 0 Å². The smallest absolute Gasteiger partial charge is 0.205 e. The number of rotatable bonds is 0. The van der Waals surface area contributed by atoms with Crippen LogP contribution in [0, 0.1) is 0 Å². The molecule has 3 nitrogen and oxygen atoms in total. The van der Waals surface area contributed by atoms with Crippen LogP contribution in [0.25, 0.3) is 0 Å². The number of benzene rings is 1. The normalized spacial score (nSPS) is 28.2. The number of hydrogen-bond acceptors (Lipinski definition) is 3. The zero-order valence-corrected chi connectivity index (χ0v) is 7.99. The van der Waals surface area contributed by atoms with Gasteiger partial charge in [-0.3, -0.25) is 0 Å². The highest BCUT2D eigenvalue weighted by Gasteiger charge is 2.46. The Morgan fingerprint density at radius 1 is 1.36 bits per heavy atom. The summed E-state index contributed by atoms with van der Waals surface area (Å²) < 4.78 is 5.59. The molecule has 2 heterocycles. The Hall–Kier alpha value is -1.51. The van der Waals surface area contributed by atoms with E-state index in [2.05, 4.69) is 11.2 Å². The Bertz CT molecular complexity index is 414. The fraction of sp³-hybridized carbons (Fsp3) is 0.364. The molecule has 0 saturated heterocycles. The van der Waals surface area contributed by atoms with Crippen molar-refractivity contribution in [3.8, 4) is 5.75 Å². The summed E-state index contributed by atoms with van der Waals surface area (Å²) in [4.78, 5) is 5.50. The van der Waals surface area contributed by atoms with E-state index in [1.54, 1.807) is 0 Å². The zero-order chi connectivity index (χ0) is 9.60. The van der Waals surface area contributed by atoms with E-state index in [9.17, 15) is 0 Å². The first-order valence-corrected chi connectivity index (χ1v) is 4.74. The molecule has 1 atom stereocenters. The van der Waals surface area contributed by atoms with Crippen LogP contribution in [0.15, 0.2) is 29.4 Å². The summed E-state index contributed by atoms with van der Waals surface area (Å²) in [5.41, 5.74) is 1.83. The summed E-state index contributed by atoms with van der Waals surface area (Å²) in [6.45, 7) is 2.56. The van der Waals surface area contributed by atoms with Gasteiger partial charge in [0.1, 0.15) is 12.4 Å². The largest absolute Gasteiger partial charge is 0.488 e. The number of nitrogens with zero attached hydrogens (tertiary/aromatic N) is 1. The third kappa shape index (κ3) is 0.895. The van der Waals surface area contributed by atoms with Crippen molar-refractivity contribution in [1.82, 2.24) is 0 Å². The van der Waals surface area contributed by atoms with Crippen LogP contribution in [0.4, 0.5) is 0 Å². The summed E-state index contributed by atoms with van der Waals surface area (Å²) in [5, 5.41) is 4.01. The fourth-order valence-corrected chi connectivity index (χ4v) is 2.11. The van der Waals surface area contributed by atoms with E-state index in [1.807, 2.05) is 25.1 Å². The molecule has 14 heavy (non-hydrogen) atoms. The number of para-hydroxylation sites is 1.